The molecule has 1 aliphatic rings. The summed E-state index contributed by atoms with van der Waals surface area (Å²) in [6.07, 6.45) is -0.174. The maximum Gasteiger partial charge on any atom is 0.255 e. The molecule has 0 aromatic heterocycles. The molecule has 0 unspecified atom stereocenters. The largest absolute Gasteiger partial charge is 0.489 e. The summed E-state index contributed by atoms with van der Waals surface area (Å²) in [6.45, 7) is 4.91. The van der Waals surface area contributed by atoms with Crippen LogP contribution in [0.15, 0.2) is 41.3 Å². The normalized spacial score (nSPS) is 15.2. The predicted octanol–water partition coefficient (Wildman–Crippen LogP) is 4.05. The second-order valence-electron chi connectivity index (χ2n) is 6.92. The van der Waals surface area contributed by atoms with Crippen LogP contribution in [0.2, 0.25) is 10.0 Å². The molecule has 0 radical (unpaired) electrons. The van der Waals surface area contributed by atoms with E-state index in [1.54, 1.807) is 0 Å². The van der Waals surface area contributed by atoms with Gasteiger partial charge in [0.15, 0.2) is 0 Å². The first kappa shape index (κ1) is 22.8. The Kier molecular flexibility index (Phi) is 7.26. The first-order valence-corrected chi connectivity index (χ1v) is 11.5. The van der Waals surface area contributed by atoms with Gasteiger partial charge in [0.2, 0.25) is 10.0 Å². The van der Waals surface area contributed by atoms with Gasteiger partial charge in [-0.05, 0) is 50.2 Å². The van der Waals surface area contributed by atoms with Crippen molar-refractivity contribution in [2.75, 3.05) is 31.6 Å². The molecule has 1 amide bonds. The van der Waals surface area contributed by atoms with Gasteiger partial charge in [0.05, 0.1) is 39.9 Å². The Morgan fingerprint density at radius 1 is 1.10 bits per heavy atom. The molecule has 10 heteroatoms. The summed E-state index contributed by atoms with van der Waals surface area (Å²) in [6, 6.07) is 8.90. The first-order chi connectivity index (χ1) is 14.2. The molecule has 0 spiro atoms. The van der Waals surface area contributed by atoms with Crippen molar-refractivity contribution >= 4 is 44.8 Å². The number of sulfonamides is 1. The number of carbonyl (C=O) groups excluding carboxylic acids is 1. The lowest BCUT2D eigenvalue weighted by Crippen LogP contribution is -2.40. The molecule has 3 rings (SSSR count). The fourth-order valence-corrected chi connectivity index (χ4v) is 4.62. The molecule has 0 bridgehead atoms. The van der Waals surface area contributed by atoms with E-state index >= 15 is 0 Å². The summed E-state index contributed by atoms with van der Waals surface area (Å²) in [5, 5.41) is 3.29. The van der Waals surface area contributed by atoms with Crippen LogP contribution in [0.5, 0.6) is 5.75 Å². The van der Waals surface area contributed by atoms with Crippen LogP contribution < -0.4 is 10.1 Å². The van der Waals surface area contributed by atoms with Crippen LogP contribution in [-0.2, 0) is 14.8 Å². The van der Waals surface area contributed by atoms with E-state index in [9.17, 15) is 13.2 Å². The smallest absolute Gasteiger partial charge is 0.255 e. The Morgan fingerprint density at radius 3 is 2.43 bits per heavy atom. The molecule has 30 heavy (non-hydrogen) atoms. The van der Waals surface area contributed by atoms with Crippen LogP contribution in [0.1, 0.15) is 24.2 Å². The number of ether oxygens (including phenoxy) is 2. The van der Waals surface area contributed by atoms with Gasteiger partial charge >= 0.3 is 0 Å². The second-order valence-corrected chi connectivity index (χ2v) is 9.68. The third kappa shape index (κ3) is 5.25. The third-order valence-electron chi connectivity index (χ3n) is 4.35. The number of hydrogen-bond donors (Lipinski definition) is 1. The number of rotatable bonds is 6. The Morgan fingerprint density at radius 2 is 1.80 bits per heavy atom. The van der Waals surface area contributed by atoms with E-state index in [0.29, 0.717) is 24.0 Å². The molecule has 2 aromatic rings. The van der Waals surface area contributed by atoms with Crippen LogP contribution in [0.25, 0.3) is 0 Å². The lowest BCUT2D eigenvalue weighted by molar-refractivity contribution is 0.0730. The fourth-order valence-electron chi connectivity index (χ4n) is 2.89. The van der Waals surface area contributed by atoms with Gasteiger partial charge in [-0.3, -0.25) is 4.79 Å². The van der Waals surface area contributed by atoms with Crippen molar-refractivity contribution in [2.24, 2.45) is 0 Å². The highest BCUT2D eigenvalue weighted by Crippen LogP contribution is 2.31. The van der Waals surface area contributed by atoms with Gasteiger partial charge < -0.3 is 14.8 Å². The van der Waals surface area contributed by atoms with Crippen molar-refractivity contribution in [1.82, 2.24) is 4.31 Å². The minimum Gasteiger partial charge on any atom is -0.489 e. The van der Waals surface area contributed by atoms with Crippen molar-refractivity contribution in [3.63, 3.8) is 0 Å². The number of anilines is 1. The lowest BCUT2D eigenvalue weighted by atomic mass is 10.2. The van der Waals surface area contributed by atoms with E-state index in [0.717, 1.165) is 0 Å². The molecule has 0 saturated carbocycles. The van der Waals surface area contributed by atoms with Gasteiger partial charge in [-0.25, -0.2) is 8.42 Å². The molecule has 1 saturated heterocycles. The number of halogens is 2. The van der Waals surface area contributed by atoms with Gasteiger partial charge in [0.25, 0.3) is 5.91 Å². The Balaban J connectivity index is 1.94. The molecule has 1 N–H and O–H groups in total. The molecule has 1 fully saturated rings. The molecular weight excluding hydrogens is 451 g/mol. The third-order valence-corrected chi connectivity index (χ3v) is 6.99. The highest BCUT2D eigenvalue weighted by molar-refractivity contribution is 7.89. The minimum absolute atomic E-state index is 0.0601. The van der Waals surface area contributed by atoms with Crippen LogP contribution in [0.3, 0.4) is 0 Å². The second kappa shape index (κ2) is 9.53. The van der Waals surface area contributed by atoms with Gasteiger partial charge in [-0.2, -0.15) is 4.31 Å². The Hall–Kier alpha value is -1.84. The number of benzene rings is 2. The van der Waals surface area contributed by atoms with Crippen molar-refractivity contribution in [3.05, 3.63) is 52.0 Å². The summed E-state index contributed by atoms with van der Waals surface area (Å²) in [5.74, 6) is -0.109. The van der Waals surface area contributed by atoms with E-state index in [4.69, 9.17) is 32.7 Å². The summed E-state index contributed by atoms with van der Waals surface area (Å²) in [7, 11) is -3.73. The van der Waals surface area contributed by atoms with Gasteiger partial charge in [-0.15, -0.1) is 0 Å². The van der Waals surface area contributed by atoms with Crippen molar-refractivity contribution in [1.29, 1.82) is 0 Å². The molecule has 0 aliphatic carbocycles. The maximum absolute atomic E-state index is 13.0. The zero-order chi connectivity index (χ0) is 21.9. The molecule has 0 atom stereocenters. The van der Waals surface area contributed by atoms with Gasteiger partial charge in [-0.1, -0.05) is 23.2 Å². The Bertz CT molecular complexity index is 1040. The van der Waals surface area contributed by atoms with Crippen molar-refractivity contribution in [2.45, 2.75) is 24.8 Å². The van der Waals surface area contributed by atoms with Gasteiger partial charge in [0, 0.05) is 18.7 Å². The predicted molar refractivity (Wildman–Crippen MR) is 116 cm³/mol. The fraction of sp³-hybridized carbons (Fsp3) is 0.350. The van der Waals surface area contributed by atoms with E-state index < -0.39 is 15.9 Å². The lowest BCUT2D eigenvalue weighted by Gasteiger charge is -2.26. The summed E-state index contributed by atoms with van der Waals surface area (Å²) in [5.41, 5.74) is 0.524. The highest BCUT2D eigenvalue weighted by Gasteiger charge is 2.27. The average molecular weight is 473 g/mol. The molecular formula is C20H22Cl2N2O5S. The number of nitrogens with zero attached hydrogens (tertiary/aromatic N) is 1. The minimum atomic E-state index is -3.73. The highest BCUT2D eigenvalue weighted by atomic mass is 35.5. The number of morpholine rings is 1. The summed E-state index contributed by atoms with van der Waals surface area (Å²) < 4.78 is 38.3. The standard InChI is InChI=1S/C20H22Cl2N2O5S/c1-13(2)29-19-6-4-15(30(26,27)24-7-9-28-10-8-24)12-18(19)23-20(25)14-3-5-16(21)17(22)11-14/h3-6,11-13H,7-10H2,1-2H3,(H,23,25). The van der Waals surface area contributed by atoms with Crippen LogP contribution >= 0.6 is 23.2 Å². The zero-order valence-electron chi connectivity index (χ0n) is 16.5. The molecule has 162 valence electrons. The SMILES string of the molecule is CC(C)Oc1ccc(S(=O)(=O)N2CCOCC2)cc1NC(=O)c1ccc(Cl)c(Cl)c1. The van der Waals surface area contributed by atoms with E-state index in [2.05, 4.69) is 5.32 Å². The van der Waals surface area contributed by atoms with E-state index in [1.165, 1.54) is 40.7 Å². The van der Waals surface area contributed by atoms with Crippen LogP contribution in [-0.4, -0.2) is 51.0 Å². The number of carbonyl (C=O) groups is 1. The Labute approximate surface area is 185 Å². The number of hydrogen-bond acceptors (Lipinski definition) is 5. The zero-order valence-corrected chi connectivity index (χ0v) is 18.9. The summed E-state index contributed by atoms with van der Waals surface area (Å²) >= 11 is 11.9. The number of amides is 1. The van der Waals surface area contributed by atoms with E-state index in [1.807, 2.05) is 13.8 Å². The monoisotopic (exact) mass is 472 g/mol. The molecule has 1 aliphatic heterocycles. The molecule has 2 aromatic carbocycles. The summed E-state index contributed by atoms with van der Waals surface area (Å²) in [4.78, 5) is 12.8. The first-order valence-electron chi connectivity index (χ1n) is 9.33. The average Bonchev–Trinajstić information content (AvgIpc) is 2.71. The maximum atomic E-state index is 13.0. The van der Waals surface area contributed by atoms with Crippen molar-refractivity contribution in [3.8, 4) is 5.75 Å². The van der Waals surface area contributed by atoms with E-state index in [-0.39, 0.29) is 40.4 Å². The van der Waals surface area contributed by atoms with Crippen LogP contribution in [0, 0.1) is 0 Å². The van der Waals surface area contributed by atoms with Gasteiger partial charge in [0.1, 0.15) is 5.75 Å². The topological polar surface area (TPSA) is 84.9 Å². The molecule has 7 nitrogen and oxygen atoms in total. The van der Waals surface area contributed by atoms with Crippen molar-refractivity contribution < 1.29 is 22.7 Å². The quantitative estimate of drug-likeness (QED) is 0.684. The number of nitrogens with one attached hydrogen (secondary N) is 1. The van der Waals surface area contributed by atoms with Crippen LogP contribution in [0.4, 0.5) is 5.69 Å². The molecule has 1 heterocycles.